The minimum Gasteiger partial charge on any atom is -0.465 e. The highest BCUT2D eigenvalue weighted by atomic mass is 79.9. The van der Waals surface area contributed by atoms with E-state index in [1.807, 2.05) is 4.90 Å². The molecule has 1 spiro atoms. The molecule has 3 unspecified atom stereocenters. The number of aliphatic hydroxyl groups excluding tert-OH is 1. The molecule has 0 aromatic heterocycles. The summed E-state index contributed by atoms with van der Waals surface area (Å²) in [7, 11) is 0. The van der Waals surface area contributed by atoms with Gasteiger partial charge in [-0.2, -0.15) is 0 Å². The van der Waals surface area contributed by atoms with Crippen molar-refractivity contribution in [1.82, 2.24) is 9.80 Å². The number of hydrogen-bond donors (Lipinski definition) is 1. The maximum atomic E-state index is 14.4. The zero-order chi connectivity index (χ0) is 26.6. The molecule has 0 aromatic carbocycles. The molecule has 0 aromatic rings. The van der Waals surface area contributed by atoms with Crippen molar-refractivity contribution in [3.63, 3.8) is 0 Å². The Morgan fingerprint density at radius 2 is 1.95 bits per heavy atom. The molecule has 1 aliphatic carbocycles. The van der Waals surface area contributed by atoms with Crippen LogP contribution >= 0.6 is 15.9 Å². The van der Waals surface area contributed by atoms with E-state index in [9.17, 15) is 19.5 Å². The smallest absolute Gasteiger partial charge is 0.312 e. The largest absolute Gasteiger partial charge is 0.465 e. The van der Waals surface area contributed by atoms with Gasteiger partial charge in [0.1, 0.15) is 11.6 Å². The van der Waals surface area contributed by atoms with Gasteiger partial charge in [0.25, 0.3) is 0 Å². The molecule has 2 amide bonds. The molecule has 3 saturated heterocycles. The molecule has 37 heavy (non-hydrogen) atoms. The van der Waals surface area contributed by atoms with E-state index in [2.05, 4.69) is 29.1 Å². The van der Waals surface area contributed by atoms with Gasteiger partial charge in [0.2, 0.25) is 11.8 Å². The van der Waals surface area contributed by atoms with Crippen molar-refractivity contribution in [2.75, 3.05) is 26.3 Å². The average molecular weight is 582 g/mol. The van der Waals surface area contributed by atoms with E-state index in [4.69, 9.17) is 9.47 Å². The lowest BCUT2D eigenvalue weighted by molar-refractivity contribution is -0.155. The van der Waals surface area contributed by atoms with Gasteiger partial charge in [0, 0.05) is 30.6 Å². The molecule has 1 saturated carbocycles. The number of likely N-dealkylation sites (tertiary alicyclic amines) is 1. The Hall–Kier alpha value is -1.71. The van der Waals surface area contributed by atoms with E-state index in [1.165, 1.54) is 6.42 Å². The summed E-state index contributed by atoms with van der Waals surface area (Å²) in [5.74, 6) is -2.27. The standard InChI is InChI=1S/C28H41BrN2O6/c1-3-5-11-17-36-27(35)21-22-25(33)31(15-9-10-16-32)24(28(22)18-20(29)23(21)37-28)26(34)30(14-4-2)19-12-7-6-8-13-19/h3-4,19-24,32H,1-2,5-18H2/t20?,21-,22-,23-,24?,28?/m0/s1. The van der Waals surface area contributed by atoms with Gasteiger partial charge in [-0.15, -0.1) is 13.2 Å². The van der Waals surface area contributed by atoms with Crippen LogP contribution in [-0.4, -0.2) is 87.6 Å². The van der Waals surface area contributed by atoms with Gasteiger partial charge in [0.15, 0.2) is 0 Å². The number of halogens is 1. The van der Waals surface area contributed by atoms with Gasteiger partial charge in [-0.05, 0) is 44.9 Å². The van der Waals surface area contributed by atoms with E-state index in [1.54, 1.807) is 17.1 Å². The van der Waals surface area contributed by atoms with E-state index in [-0.39, 0.29) is 35.9 Å². The molecule has 8 nitrogen and oxygen atoms in total. The lowest BCUT2D eigenvalue weighted by atomic mass is 9.70. The molecule has 3 aliphatic heterocycles. The van der Waals surface area contributed by atoms with Crippen molar-refractivity contribution < 1.29 is 29.0 Å². The van der Waals surface area contributed by atoms with Crippen LogP contribution in [-0.2, 0) is 23.9 Å². The summed E-state index contributed by atoms with van der Waals surface area (Å²) in [4.78, 5) is 45.1. The second-order valence-corrected chi connectivity index (χ2v) is 12.0. The summed E-state index contributed by atoms with van der Waals surface area (Å²) in [6.07, 6.45) is 11.2. The summed E-state index contributed by atoms with van der Waals surface area (Å²) in [5.41, 5.74) is -1.08. The zero-order valence-corrected chi connectivity index (χ0v) is 23.3. The number of unbranched alkanes of at least 4 members (excludes halogenated alkanes) is 2. The highest BCUT2D eigenvalue weighted by Gasteiger charge is 2.77. The molecule has 9 heteroatoms. The van der Waals surface area contributed by atoms with E-state index >= 15 is 0 Å². The van der Waals surface area contributed by atoms with Crippen molar-refractivity contribution in [2.45, 2.75) is 92.8 Å². The first-order valence-electron chi connectivity index (χ1n) is 13.8. The van der Waals surface area contributed by atoms with Crippen LogP contribution in [0.15, 0.2) is 25.3 Å². The predicted molar refractivity (Wildman–Crippen MR) is 143 cm³/mol. The van der Waals surface area contributed by atoms with Gasteiger partial charge in [-0.1, -0.05) is 47.3 Å². The topological polar surface area (TPSA) is 96.4 Å². The fourth-order valence-corrected chi connectivity index (χ4v) is 7.86. The summed E-state index contributed by atoms with van der Waals surface area (Å²) < 4.78 is 12.2. The Kier molecular flexibility index (Phi) is 9.51. The number of hydrogen-bond acceptors (Lipinski definition) is 6. The lowest BCUT2D eigenvalue weighted by Crippen LogP contribution is -2.58. The van der Waals surface area contributed by atoms with Crippen molar-refractivity contribution in [3.8, 4) is 0 Å². The van der Waals surface area contributed by atoms with E-state index < -0.39 is 35.6 Å². The van der Waals surface area contributed by atoms with Crippen molar-refractivity contribution in [3.05, 3.63) is 25.3 Å². The second kappa shape index (κ2) is 12.4. The molecule has 4 aliphatic rings. The third kappa shape index (κ3) is 5.28. The Balaban J connectivity index is 1.66. The van der Waals surface area contributed by atoms with Crippen LogP contribution in [0.2, 0.25) is 0 Å². The van der Waals surface area contributed by atoms with Gasteiger partial charge in [-0.3, -0.25) is 14.4 Å². The quantitative estimate of drug-likeness (QED) is 0.155. The van der Waals surface area contributed by atoms with Crippen LogP contribution in [0, 0.1) is 11.8 Å². The van der Waals surface area contributed by atoms with Crippen LogP contribution in [0.3, 0.4) is 0 Å². The van der Waals surface area contributed by atoms with Crippen LogP contribution in [0.25, 0.3) is 0 Å². The van der Waals surface area contributed by atoms with Crippen molar-refractivity contribution in [2.24, 2.45) is 11.8 Å². The fraction of sp³-hybridized carbons (Fsp3) is 0.750. The monoisotopic (exact) mass is 580 g/mol. The number of allylic oxidation sites excluding steroid dienone is 1. The summed E-state index contributed by atoms with van der Waals surface area (Å²) in [5, 5.41) is 9.36. The number of amides is 2. The minimum atomic E-state index is -1.08. The van der Waals surface area contributed by atoms with Crippen LogP contribution in [0.1, 0.15) is 64.2 Å². The van der Waals surface area contributed by atoms with Gasteiger partial charge in [0.05, 0.1) is 24.5 Å². The molecular weight excluding hydrogens is 540 g/mol. The number of rotatable bonds is 13. The molecule has 4 rings (SSSR count). The summed E-state index contributed by atoms with van der Waals surface area (Å²) in [6, 6.07) is -0.706. The Morgan fingerprint density at radius 1 is 1.19 bits per heavy atom. The molecule has 3 heterocycles. The Morgan fingerprint density at radius 3 is 2.62 bits per heavy atom. The van der Waals surface area contributed by atoms with E-state index in [0.29, 0.717) is 38.8 Å². The number of carbonyl (C=O) groups is 3. The van der Waals surface area contributed by atoms with E-state index in [0.717, 1.165) is 32.1 Å². The van der Waals surface area contributed by atoms with Gasteiger partial charge in [-0.25, -0.2) is 0 Å². The fourth-order valence-electron chi connectivity index (χ4n) is 6.92. The molecule has 4 fully saturated rings. The predicted octanol–water partition coefficient (Wildman–Crippen LogP) is 3.36. The molecule has 206 valence electrons. The first-order valence-corrected chi connectivity index (χ1v) is 14.7. The molecular formula is C28H41BrN2O6. The maximum Gasteiger partial charge on any atom is 0.312 e. The summed E-state index contributed by atoms with van der Waals surface area (Å²) >= 11 is 3.70. The lowest BCUT2D eigenvalue weighted by Gasteiger charge is -2.41. The normalized spacial score (nSPS) is 32.9. The average Bonchev–Trinajstić information content (AvgIpc) is 3.49. The Labute approximate surface area is 228 Å². The highest BCUT2D eigenvalue weighted by Crippen LogP contribution is 2.60. The van der Waals surface area contributed by atoms with Crippen LogP contribution in [0.5, 0.6) is 0 Å². The maximum absolute atomic E-state index is 14.4. The number of fused-ring (bicyclic) bond motifs is 1. The first kappa shape index (κ1) is 28.3. The highest BCUT2D eigenvalue weighted by molar-refractivity contribution is 9.09. The molecule has 0 radical (unpaired) electrons. The second-order valence-electron chi connectivity index (χ2n) is 10.8. The number of nitrogens with zero attached hydrogens (tertiary/aromatic N) is 2. The first-order chi connectivity index (χ1) is 17.9. The number of esters is 1. The summed E-state index contributed by atoms with van der Waals surface area (Å²) in [6.45, 7) is 8.61. The Bertz CT molecular complexity index is 877. The number of carbonyl (C=O) groups excluding carboxylic acids is 3. The third-order valence-electron chi connectivity index (χ3n) is 8.52. The zero-order valence-electron chi connectivity index (χ0n) is 21.7. The number of alkyl halides is 1. The molecule has 1 N–H and O–H groups in total. The van der Waals surface area contributed by atoms with Crippen LogP contribution in [0.4, 0.5) is 0 Å². The minimum absolute atomic E-state index is 0.0155. The van der Waals surface area contributed by atoms with Crippen molar-refractivity contribution in [1.29, 1.82) is 0 Å². The number of ether oxygens (including phenoxy) is 2. The number of aliphatic hydroxyl groups is 1. The van der Waals surface area contributed by atoms with Gasteiger partial charge < -0.3 is 24.4 Å². The SMILES string of the molecule is C=CCCCOC(=O)[C@H]1[C@H]2C(=O)N(CCCCO)C(C(=O)N(CC=C)C3CCCCC3)C23CC(Br)[C@@H]1O3. The van der Waals surface area contributed by atoms with Gasteiger partial charge >= 0.3 is 5.97 Å². The molecule has 6 atom stereocenters. The van der Waals surface area contributed by atoms with Crippen molar-refractivity contribution >= 4 is 33.7 Å². The third-order valence-corrected chi connectivity index (χ3v) is 9.37. The molecule has 2 bridgehead atoms. The van der Waals surface area contributed by atoms with Crippen LogP contribution < -0.4 is 0 Å².